The minimum absolute atomic E-state index is 0.188. The second-order valence-electron chi connectivity index (χ2n) is 5.89. The summed E-state index contributed by atoms with van der Waals surface area (Å²) in [4.78, 5) is 24.6. The lowest BCUT2D eigenvalue weighted by Gasteiger charge is -2.18. The third kappa shape index (κ3) is 2.98. The number of benzene rings is 1. The molecule has 5 nitrogen and oxygen atoms in total. The number of thiophene rings is 1. The van der Waals surface area contributed by atoms with E-state index in [0.29, 0.717) is 4.70 Å². The summed E-state index contributed by atoms with van der Waals surface area (Å²) >= 11 is 5.07. The number of nitrogens with zero attached hydrogens (tertiary/aromatic N) is 2. The van der Waals surface area contributed by atoms with Gasteiger partial charge in [0, 0.05) is 15.5 Å². The number of esters is 1. The molecular formula is C17H17BrN2O3S. The Bertz CT molecular complexity index is 985. The van der Waals surface area contributed by atoms with Gasteiger partial charge in [-0.1, -0.05) is 34.1 Å². The van der Waals surface area contributed by atoms with Gasteiger partial charge in [-0.25, -0.2) is 4.68 Å². The van der Waals surface area contributed by atoms with Crippen molar-refractivity contribution in [3.05, 3.63) is 40.3 Å². The molecule has 0 saturated heterocycles. The number of rotatable bonds is 4. The van der Waals surface area contributed by atoms with Crippen LogP contribution in [0.1, 0.15) is 26.5 Å². The van der Waals surface area contributed by atoms with Crippen LogP contribution in [-0.2, 0) is 20.4 Å². The van der Waals surface area contributed by atoms with Crippen molar-refractivity contribution < 1.29 is 9.53 Å². The zero-order valence-corrected chi connectivity index (χ0v) is 16.0. The molecule has 0 saturated carbocycles. The van der Waals surface area contributed by atoms with E-state index < -0.39 is 10.3 Å². The van der Waals surface area contributed by atoms with Crippen molar-refractivity contribution in [2.45, 2.75) is 31.6 Å². The smallest absolute Gasteiger partial charge is 0.327 e. The van der Waals surface area contributed by atoms with Gasteiger partial charge in [0.05, 0.1) is 16.6 Å². The standard InChI is InChI=1S/C17H17BrN2O3S/c1-4-23-12(21)9-20-16(22)14-13(15(19-20)17(2,3)18)10-7-5-6-8-11(10)24-14/h5-8H,4,9H2,1-3H3. The second-order valence-corrected chi connectivity index (χ2v) is 8.93. The fourth-order valence-electron chi connectivity index (χ4n) is 2.62. The maximum absolute atomic E-state index is 12.8. The highest BCUT2D eigenvalue weighted by molar-refractivity contribution is 9.09. The molecule has 126 valence electrons. The minimum Gasteiger partial charge on any atom is -0.465 e. The van der Waals surface area contributed by atoms with Crippen LogP contribution in [0.5, 0.6) is 0 Å². The average Bonchev–Trinajstić information content (AvgIpc) is 2.89. The number of ether oxygens (including phenoxy) is 1. The minimum atomic E-state index is -0.467. The van der Waals surface area contributed by atoms with E-state index in [1.165, 1.54) is 16.0 Å². The van der Waals surface area contributed by atoms with Crippen LogP contribution in [-0.4, -0.2) is 22.4 Å². The number of fused-ring (bicyclic) bond motifs is 3. The lowest BCUT2D eigenvalue weighted by Crippen LogP contribution is -2.30. The first-order valence-corrected chi connectivity index (χ1v) is 9.21. The Morgan fingerprint density at radius 2 is 2.08 bits per heavy atom. The molecule has 3 rings (SSSR count). The van der Waals surface area contributed by atoms with Gasteiger partial charge in [0.2, 0.25) is 0 Å². The number of carbonyl (C=O) groups is 1. The van der Waals surface area contributed by atoms with Crippen molar-refractivity contribution in [1.82, 2.24) is 9.78 Å². The summed E-state index contributed by atoms with van der Waals surface area (Å²) in [5, 5.41) is 6.34. The molecule has 0 radical (unpaired) electrons. The Hall–Kier alpha value is -1.73. The van der Waals surface area contributed by atoms with Crippen molar-refractivity contribution in [2.75, 3.05) is 6.61 Å². The molecular weight excluding hydrogens is 392 g/mol. The average molecular weight is 409 g/mol. The molecule has 0 atom stereocenters. The molecule has 0 aliphatic rings. The number of halogens is 1. The molecule has 0 bridgehead atoms. The Morgan fingerprint density at radius 1 is 1.38 bits per heavy atom. The van der Waals surface area contributed by atoms with Crippen LogP contribution in [0, 0.1) is 0 Å². The summed E-state index contributed by atoms with van der Waals surface area (Å²) in [6.07, 6.45) is 0. The van der Waals surface area contributed by atoms with Crippen LogP contribution >= 0.6 is 27.3 Å². The van der Waals surface area contributed by atoms with E-state index >= 15 is 0 Å². The summed E-state index contributed by atoms with van der Waals surface area (Å²) in [5.41, 5.74) is 0.471. The number of hydrogen-bond donors (Lipinski definition) is 0. The molecule has 0 unspecified atom stereocenters. The van der Waals surface area contributed by atoms with Crippen LogP contribution in [0.4, 0.5) is 0 Å². The molecule has 1 aromatic carbocycles. The molecule has 0 fully saturated rings. The van der Waals surface area contributed by atoms with Gasteiger partial charge in [-0.3, -0.25) is 9.59 Å². The normalized spacial score (nSPS) is 12.0. The number of aromatic nitrogens is 2. The Labute approximate surface area is 151 Å². The molecule has 3 aromatic rings. The van der Waals surface area contributed by atoms with Gasteiger partial charge >= 0.3 is 5.97 Å². The molecule has 0 N–H and O–H groups in total. The predicted molar refractivity (Wildman–Crippen MR) is 100.0 cm³/mol. The lowest BCUT2D eigenvalue weighted by molar-refractivity contribution is -0.144. The van der Waals surface area contributed by atoms with Crippen LogP contribution in [0.3, 0.4) is 0 Å². The van der Waals surface area contributed by atoms with Crippen molar-refractivity contribution in [1.29, 1.82) is 0 Å². The molecule has 2 aromatic heterocycles. The summed E-state index contributed by atoms with van der Waals surface area (Å²) < 4.78 is 7.34. The first kappa shape index (κ1) is 17.1. The van der Waals surface area contributed by atoms with E-state index in [1.807, 2.05) is 38.1 Å². The zero-order chi connectivity index (χ0) is 17.5. The SMILES string of the molecule is CCOC(=O)Cn1nc(C(C)(C)Br)c2c(sc3ccccc32)c1=O. The second kappa shape index (κ2) is 6.29. The number of alkyl halides is 1. The molecule has 0 amide bonds. The zero-order valence-electron chi connectivity index (χ0n) is 13.6. The van der Waals surface area contributed by atoms with Gasteiger partial charge in [0.25, 0.3) is 5.56 Å². The van der Waals surface area contributed by atoms with Crippen LogP contribution in [0.15, 0.2) is 29.1 Å². The Morgan fingerprint density at radius 3 is 2.75 bits per heavy atom. The molecule has 0 aliphatic heterocycles. The van der Waals surface area contributed by atoms with E-state index in [9.17, 15) is 9.59 Å². The monoisotopic (exact) mass is 408 g/mol. The summed E-state index contributed by atoms with van der Waals surface area (Å²) in [5.74, 6) is -0.467. The van der Waals surface area contributed by atoms with Crippen LogP contribution < -0.4 is 5.56 Å². The van der Waals surface area contributed by atoms with Crippen LogP contribution in [0.2, 0.25) is 0 Å². The van der Waals surface area contributed by atoms with Gasteiger partial charge in [-0.2, -0.15) is 5.10 Å². The largest absolute Gasteiger partial charge is 0.465 e. The summed E-state index contributed by atoms with van der Waals surface area (Å²) in [6, 6.07) is 7.87. The van der Waals surface area contributed by atoms with E-state index in [2.05, 4.69) is 21.0 Å². The third-order valence-electron chi connectivity index (χ3n) is 3.63. The van der Waals surface area contributed by atoms with E-state index in [1.54, 1.807) is 6.92 Å². The Balaban J connectivity index is 2.33. The van der Waals surface area contributed by atoms with Gasteiger partial charge in [-0.15, -0.1) is 11.3 Å². The van der Waals surface area contributed by atoms with Crippen molar-refractivity contribution >= 4 is 53.4 Å². The summed E-state index contributed by atoms with van der Waals surface area (Å²) in [7, 11) is 0. The molecule has 0 aliphatic carbocycles. The highest BCUT2D eigenvalue weighted by Crippen LogP contribution is 2.39. The van der Waals surface area contributed by atoms with Gasteiger partial charge in [-0.05, 0) is 26.8 Å². The molecule has 24 heavy (non-hydrogen) atoms. The highest BCUT2D eigenvalue weighted by Gasteiger charge is 2.26. The predicted octanol–water partition coefficient (Wildman–Crippen LogP) is 3.80. The quantitative estimate of drug-likeness (QED) is 0.486. The van der Waals surface area contributed by atoms with Gasteiger partial charge < -0.3 is 4.74 Å². The molecule has 7 heteroatoms. The van der Waals surface area contributed by atoms with E-state index in [0.717, 1.165) is 21.2 Å². The van der Waals surface area contributed by atoms with Crippen molar-refractivity contribution in [3.63, 3.8) is 0 Å². The maximum atomic E-state index is 12.8. The summed E-state index contributed by atoms with van der Waals surface area (Å²) in [6.45, 7) is 5.76. The third-order valence-corrected chi connectivity index (χ3v) is 5.16. The van der Waals surface area contributed by atoms with Gasteiger partial charge in [0.1, 0.15) is 11.2 Å². The lowest BCUT2D eigenvalue weighted by atomic mass is 10.0. The van der Waals surface area contributed by atoms with Gasteiger partial charge in [0.15, 0.2) is 0 Å². The molecule has 2 heterocycles. The fourth-order valence-corrected chi connectivity index (χ4v) is 4.04. The fraction of sp³-hybridized carbons (Fsp3) is 0.353. The van der Waals surface area contributed by atoms with Crippen molar-refractivity contribution in [3.8, 4) is 0 Å². The molecule has 0 spiro atoms. The topological polar surface area (TPSA) is 61.2 Å². The first-order valence-electron chi connectivity index (χ1n) is 7.60. The van der Waals surface area contributed by atoms with Crippen molar-refractivity contribution in [2.24, 2.45) is 0 Å². The van der Waals surface area contributed by atoms with Crippen LogP contribution in [0.25, 0.3) is 20.2 Å². The van der Waals surface area contributed by atoms with E-state index in [4.69, 9.17) is 4.74 Å². The first-order chi connectivity index (χ1) is 11.3. The number of carbonyl (C=O) groups excluding carboxylic acids is 1. The van der Waals surface area contributed by atoms with E-state index in [-0.39, 0.29) is 18.7 Å². The highest BCUT2D eigenvalue weighted by atomic mass is 79.9. The Kier molecular flexibility index (Phi) is 4.48. The maximum Gasteiger partial charge on any atom is 0.327 e. The number of hydrogen-bond acceptors (Lipinski definition) is 5.